The highest BCUT2D eigenvalue weighted by Crippen LogP contribution is 2.16. The van der Waals surface area contributed by atoms with Crippen LogP contribution < -0.4 is 0 Å². The lowest BCUT2D eigenvalue weighted by Crippen LogP contribution is -2.36. The second-order valence-corrected chi connectivity index (χ2v) is 6.43. The second kappa shape index (κ2) is 8.12. The molecule has 1 aromatic carbocycles. The van der Waals surface area contributed by atoms with E-state index in [-0.39, 0.29) is 24.7 Å². The van der Waals surface area contributed by atoms with E-state index in [1.807, 2.05) is 0 Å². The number of ether oxygens (including phenoxy) is 1. The van der Waals surface area contributed by atoms with Gasteiger partial charge in [-0.2, -0.15) is 4.31 Å². The summed E-state index contributed by atoms with van der Waals surface area (Å²) in [7, 11) is -0.892. The first-order chi connectivity index (χ1) is 9.91. The lowest BCUT2D eigenvalue weighted by molar-refractivity contribution is 0.0554. The van der Waals surface area contributed by atoms with Crippen LogP contribution in [0.4, 0.5) is 0 Å². The van der Waals surface area contributed by atoms with E-state index >= 15 is 0 Å². The van der Waals surface area contributed by atoms with Crippen molar-refractivity contribution in [2.45, 2.75) is 11.0 Å². The minimum atomic E-state index is -3.71. The molecule has 0 spiro atoms. The number of hydrogen-bond donors (Lipinski definition) is 2. The van der Waals surface area contributed by atoms with E-state index in [1.165, 1.54) is 26.3 Å². The van der Waals surface area contributed by atoms with Crippen molar-refractivity contribution in [1.82, 2.24) is 4.31 Å². The number of aliphatic hydroxyl groups is 2. The number of rotatable bonds is 6. The monoisotopic (exact) mass is 313 g/mol. The maximum absolute atomic E-state index is 12.4. The van der Waals surface area contributed by atoms with Crippen molar-refractivity contribution in [3.05, 3.63) is 29.8 Å². The Balaban J connectivity index is 2.96. The fourth-order valence-corrected chi connectivity index (χ4v) is 2.95. The summed E-state index contributed by atoms with van der Waals surface area (Å²) in [6.07, 6.45) is -0.896. The third kappa shape index (κ3) is 5.12. The van der Waals surface area contributed by atoms with Crippen LogP contribution in [-0.4, -0.2) is 63.0 Å². The first-order valence-corrected chi connectivity index (χ1v) is 7.69. The van der Waals surface area contributed by atoms with Gasteiger partial charge >= 0.3 is 0 Å². The molecule has 0 fully saturated rings. The van der Waals surface area contributed by atoms with Gasteiger partial charge in [0.25, 0.3) is 0 Å². The Morgan fingerprint density at radius 1 is 1.43 bits per heavy atom. The van der Waals surface area contributed by atoms with Crippen molar-refractivity contribution in [2.75, 3.05) is 33.9 Å². The third-order valence-corrected chi connectivity index (χ3v) is 4.50. The van der Waals surface area contributed by atoms with Gasteiger partial charge in [-0.15, -0.1) is 0 Å². The van der Waals surface area contributed by atoms with Gasteiger partial charge in [-0.1, -0.05) is 17.9 Å². The van der Waals surface area contributed by atoms with Crippen LogP contribution in [-0.2, 0) is 14.8 Å². The molecule has 0 aromatic heterocycles. The third-order valence-electron chi connectivity index (χ3n) is 2.68. The van der Waals surface area contributed by atoms with Crippen molar-refractivity contribution in [3.8, 4) is 11.8 Å². The summed E-state index contributed by atoms with van der Waals surface area (Å²) in [4.78, 5) is 0.0827. The Labute approximate surface area is 125 Å². The van der Waals surface area contributed by atoms with Crippen LogP contribution in [0.5, 0.6) is 0 Å². The molecule has 0 amide bonds. The van der Waals surface area contributed by atoms with Crippen LogP contribution >= 0.6 is 0 Å². The highest BCUT2D eigenvalue weighted by Gasteiger charge is 2.23. The van der Waals surface area contributed by atoms with Crippen LogP contribution in [0.3, 0.4) is 0 Å². The zero-order valence-electron chi connectivity index (χ0n) is 12.0. The highest BCUT2D eigenvalue weighted by atomic mass is 32.2. The van der Waals surface area contributed by atoms with E-state index in [0.29, 0.717) is 5.56 Å². The minimum absolute atomic E-state index is 0.0574. The predicted molar refractivity (Wildman–Crippen MR) is 78.1 cm³/mol. The summed E-state index contributed by atoms with van der Waals surface area (Å²) < 4.78 is 30.6. The zero-order chi connectivity index (χ0) is 15.9. The van der Waals surface area contributed by atoms with E-state index in [1.54, 1.807) is 12.1 Å². The van der Waals surface area contributed by atoms with Gasteiger partial charge in [-0.3, -0.25) is 0 Å². The minimum Gasteiger partial charge on any atom is -0.389 e. The van der Waals surface area contributed by atoms with Crippen molar-refractivity contribution < 1.29 is 23.4 Å². The smallest absolute Gasteiger partial charge is 0.242 e. The Morgan fingerprint density at radius 3 is 2.76 bits per heavy atom. The van der Waals surface area contributed by atoms with Gasteiger partial charge in [0, 0.05) is 26.3 Å². The number of methoxy groups -OCH3 is 1. The maximum Gasteiger partial charge on any atom is 0.242 e. The number of sulfonamides is 1. The molecule has 0 bridgehead atoms. The number of nitrogens with zero attached hydrogens (tertiary/aromatic N) is 1. The zero-order valence-corrected chi connectivity index (χ0v) is 12.8. The Bertz CT molecular complexity index is 618. The molecular formula is C14H19NO5S. The standard InChI is InChI=1S/C14H19NO5S/c1-15(10-13(17)11-20-2)21(18,19)14-7-3-5-12(9-14)6-4-8-16/h3,5,7,9,13,16-17H,8,10-11H2,1-2H3. The number of benzene rings is 1. The second-order valence-electron chi connectivity index (χ2n) is 4.38. The quantitative estimate of drug-likeness (QED) is 0.702. The molecule has 6 nitrogen and oxygen atoms in total. The first-order valence-electron chi connectivity index (χ1n) is 6.25. The molecule has 2 N–H and O–H groups in total. The number of aliphatic hydroxyl groups excluding tert-OH is 2. The molecule has 0 heterocycles. The van der Waals surface area contributed by atoms with E-state index in [0.717, 1.165) is 4.31 Å². The summed E-state index contributed by atoms with van der Waals surface area (Å²) in [5.74, 6) is 5.12. The number of hydrogen-bond acceptors (Lipinski definition) is 5. The number of likely N-dealkylation sites (N-methyl/N-ethyl adjacent to an activating group) is 1. The van der Waals surface area contributed by atoms with Crippen LogP contribution in [0.1, 0.15) is 5.56 Å². The molecule has 0 aliphatic rings. The largest absolute Gasteiger partial charge is 0.389 e. The summed E-state index contributed by atoms with van der Waals surface area (Å²) in [5, 5.41) is 18.3. The van der Waals surface area contributed by atoms with E-state index < -0.39 is 16.1 Å². The van der Waals surface area contributed by atoms with Gasteiger partial charge in [-0.05, 0) is 18.2 Å². The van der Waals surface area contributed by atoms with Crippen molar-refractivity contribution >= 4 is 10.0 Å². The molecule has 0 aliphatic heterocycles. The van der Waals surface area contributed by atoms with E-state index in [2.05, 4.69) is 11.8 Å². The van der Waals surface area contributed by atoms with Crippen molar-refractivity contribution in [2.24, 2.45) is 0 Å². The summed E-state index contributed by atoms with van der Waals surface area (Å²) in [6, 6.07) is 6.12. The molecule has 0 aliphatic carbocycles. The van der Waals surface area contributed by atoms with Crippen LogP contribution in [0.2, 0.25) is 0 Å². The van der Waals surface area contributed by atoms with Crippen LogP contribution in [0.15, 0.2) is 29.2 Å². The summed E-state index contributed by atoms with van der Waals surface area (Å²) in [5.41, 5.74) is 0.496. The van der Waals surface area contributed by atoms with Gasteiger partial charge in [0.1, 0.15) is 6.61 Å². The lowest BCUT2D eigenvalue weighted by atomic mass is 10.2. The molecule has 0 radical (unpaired) electrons. The molecule has 0 saturated carbocycles. The highest BCUT2D eigenvalue weighted by molar-refractivity contribution is 7.89. The summed E-state index contributed by atoms with van der Waals surface area (Å²) in [6.45, 7) is -0.301. The average molecular weight is 313 g/mol. The molecule has 1 aromatic rings. The topological polar surface area (TPSA) is 87.1 Å². The fraction of sp³-hybridized carbons (Fsp3) is 0.429. The fourth-order valence-electron chi connectivity index (χ4n) is 1.70. The average Bonchev–Trinajstić information content (AvgIpc) is 2.45. The summed E-state index contributed by atoms with van der Waals surface area (Å²) >= 11 is 0. The SMILES string of the molecule is COCC(O)CN(C)S(=O)(=O)c1cccc(C#CCO)c1. The molecule has 21 heavy (non-hydrogen) atoms. The molecule has 1 rings (SSSR count). The van der Waals surface area contributed by atoms with Gasteiger partial charge in [0.05, 0.1) is 17.6 Å². The Morgan fingerprint density at radius 2 is 2.14 bits per heavy atom. The lowest BCUT2D eigenvalue weighted by Gasteiger charge is -2.20. The van der Waals surface area contributed by atoms with Gasteiger partial charge in [0.2, 0.25) is 10.0 Å². The molecular weight excluding hydrogens is 294 g/mol. The molecule has 1 atom stereocenters. The van der Waals surface area contributed by atoms with Crippen molar-refractivity contribution in [3.63, 3.8) is 0 Å². The predicted octanol–water partition coefficient (Wildman–Crippen LogP) is -0.342. The van der Waals surface area contributed by atoms with Gasteiger partial charge < -0.3 is 14.9 Å². The van der Waals surface area contributed by atoms with E-state index in [4.69, 9.17) is 9.84 Å². The van der Waals surface area contributed by atoms with Crippen molar-refractivity contribution in [1.29, 1.82) is 0 Å². The Kier molecular flexibility index (Phi) is 6.81. The molecule has 7 heteroatoms. The van der Waals surface area contributed by atoms with Gasteiger partial charge in [-0.25, -0.2) is 8.42 Å². The Hall–Kier alpha value is -1.43. The van der Waals surface area contributed by atoms with Crippen LogP contribution in [0, 0.1) is 11.8 Å². The van der Waals surface area contributed by atoms with Gasteiger partial charge in [0.15, 0.2) is 0 Å². The van der Waals surface area contributed by atoms with E-state index in [9.17, 15) is 13.5 Å². The molecule has 1 unspecified atom stereocenters. The molecule has 0 saturated heterocycles. The normalized spacial score (nSPS) is 12.8. The molecule has 116 valence electrons. The maximum atomic E-state index is 12.4. The first kappa shape index (κ1) is 17.6. The van der Waals surface area contributed by atoms with Crippen LogP contribution in [0.25, 0.3) is 0 Å².